The van der Waals surface area contributed by atoms with E-state index in [0.717, 1.165) is 42.7 Å². The van der Waals surface area contributed by atoms with Crippen molar-refractivity contribution in [2.75, 3.05) is 57.8 Å². The van der Waals surface area contributed by atoms with E-state index in [2.05, 4.69) is 27.1 Å². The maximum atomic E-state index is 13.1. The summed E-state index contributed by atoms with van der Waals surface area (Å²) in [6.07, 6.45) is 2.89. The van der Waals surface area contributed by atoms with Crippen LogP contribution in [-0.4, -0.2) is 97.2 Å². The van der Waals surface area contributed by atoms with Gasteiger partial charge in [0.1, 0.15) is 6.04 Å². The van der Waals surface area contributed by atoms with Crippen LogP contribution in [0.25, 0.3) is 0 Å². The maximum absolute atomic E-state index is 13.1. The zero-order valence-corrected chi connectivity index (χ0v) is 19.6. The molecule has 1 aromatic carbocycles. The van der Waals surface area contributed by atoms with Crippen molar-refractivity contribution in [2.45, 2.75) is 31.7 Å². The van der Waals surface area contributed by atoms with Gasteiger partial charge < -0.3 is 14.7 Å². The van der Waals surface area contributed by atoms with Crippen LogP contribution < -0.4 is 10.2 Å². The van der Waals surface area contributed by atoms with E-state index in [1.165, 1.54) is 32.5 Å². The highest BCUT2D eigenvalue weighted by Gasteiger charge is 2.52. The number of hydrogen-bond acceptors (Lipinski definition) is 7. The topological polar surface area (TPSA) is 93.3 Å². The summed E-state index contributed by atoms with van der Waals surface area (Å²) in [6.45, 7) is 7.84. The second-order valence-electron chi connectivity index (χ2n) is 10.9. The minimum atomic E-state index is -0.925. The molecule has 0 bridgehead atoms. The van der Waals surface area contributed by atoms with Gasteiger partial charge in [-0.1, -0.05) is 0 Å². The van der Waals surface area contributed by atoms with Crippen LogP contribution >= 0.6 is 0 Å². The summed E-state index contributed by atoms with van der Waals surface area (Å²) in [5.41, 5.74) is 1.99. The lowest BCUT2D eigenvalue weighted by Gasteiger charge is -2.61. The summed E-state index contributed by atoms with van der Waals surface area (Å²) in [5.74, 6) is -1.03. The van der Waals surface area contributed by atoms with E-state index in [1.807, 2.05) is 6.07 Å². The molecule has 1 aromatic rings. The second-order valence-corrected chi connectivity index (χ2v) is 10.9. The fraction of sp³-hybridized carbons (Fsp3) is 0.600. The Hall–Kier alpha value is -2.78. The number of fused-ring (bicyclic) bond motifs is 1. The Balaban J connectivity index is 1.07. The smallest absolute Gasteiger partial charge is 0.262 e. The van der Waals surface area contributed by atoms with Gasteiger partial charge in [-0.2, -0.15) is 0 Å². The molecule has 0 radical (unpaired) electrons. The third kappa shape index (κ3) is 3.53. The molecule has 1 atom stereocenters. The lowest BCUT2D eigenvalue weighted by Crippen LogP contribution is -2.72. The Kier molecular flexibility index (Phi) is 5.04. The van der Waals surface area contributed by atoms with Gasteiger partial charge in [-0.25, -0.2) is 0 Å². The molecule has 1 spiro atoms. The molecule has 0 aromatic heterocycles. The fourth-order valence-electron chi connectivity index (χ4n) is 6.44. The number of likely N-dealkylation sites (tertiary alicyclic amines) is 2. The van der Waals surface area contributed by atoms with E-state index in [1.54, 1.807) is 12.1 Å². The summed E-state index contributed by atoms with van der Waals surface area (Å²) in [7, 11) is 2.20. The predicted octanol–water partition coefficient (Wildman–Crippen LogP) is 0.552. The molecule has 1 unspecified atom stereocenters. The largest absolute Gasteiger partial charge is 0.370 e. The Morgan fingerprint density at radius 3 is 2.35 bits per heavy atom. The van der Waals surface area contributed by atoms with Gasteiger partial charge in [0.15, 0.2) is 0 Å². The molecule has 9 nitrogen and oxygen atoms in total. The zero-order chi connectivity index (χ0) is 23.6. The molecule has 6 rings (SSSR count). The molecule has 5 aliphatic rings. The third-order valence-corrected chi connectivity index (χ3v) is 8.31. The average molecular weight is 466 g/mol. The monoisotopic (exact) mass is 465 g/mol. The number of anilines is 1. The molecule has 0 aliphatic carbocycles. The van der Waals surface area contributed by atoms with Crippen molar-refractivity contribution in [3.05, 3.63) is 29.3 Å². The SMILES string of the molecule is CN1CCC(CN2CC3(C2)CN(c2ccc4c(c2)C(=O)N(C2CCC(=O)NC2=O)C4=O)C3)CC1. The maximum Gasteiger partial charge on any atom is 0.262 e. The van der Waals surface area contributed by atoms with Gasteiger partial charge in [-0.05, 0) is 63.5 Å². The first kappa shape index (κ1) is 21.7. The van der Waals surface area contributed by atoms with Crippen molar-refractivity contribution in [3.8, 4) is 0 Å². The van der Waals surface area contributed by atoms with Crippen LogP contribution in [0.1, 0.15) is 46.4 Å². The summed E-state index contributed by atoms with van der Waals surface area (Å²) in [5, 5.41) is 2.24. The zero-order valence-electron chi connectivity index (χ0n) is 19.6. The van der Waals surface area contributed by atoms with Crippen LogP contribution in [0.15, 0.2) is 18.2 Å². The van der Waals surface area contributed by atoms with Crippen LogP contribution in [0.5, 0.6) is 0 Å². The van der Waals surface area contributed by atoms with Crippen molar-refractivity contribution < 1.29 is 19.2 Å². The lowest BCUT2D eigenvalue weighted by atomic mass is 9.72. The number of carbonyl (C=O) groups is 4. The standard InChI is InChI=1S/C25H31N5O4/c1-27-8-6-16(7-9-27)11-28-12-25(13-28)14-29(15-25)17-2-3-18-19(10-17)24(34)30(23(18)33)20-4-5-21(31)26-22(20)32/h2-3,10,16,20H,4-9,11-15H2,1H3,(H,26,31,32). The molecule has 4 saturated heterocycles. The Morgan fingerprint density at radius 1 is 0.941 bits per heavy atom. The number of nitrogens with zero attached hydrogens (tertiary/aromatic N) is 4. The van der Waals surface area contributed by atoms with E-state index in [4.69, 9.17) is 0 Å². The van der Waals surface area contributed by atoms with Gasteiger partial charge in [-0.3, -0.25) is 29.4 Å². The molecular weight excluding hydrogens is 434 g/mol. The van der Waals surface area contributed by atoms with Gasteiger partial charge in [0.2, 0.25) is 11.8 Å². The molecule has 1 N–H and O–H groups in total. The first-order chi connectivity index (χ1) is 16.3. The van der Waals surface area contributed by atoms with Crippen LogP contribution in [0.3, 0.4) is 0 Å². The highest BCUT2D eigenvalue weighted by Crippen LogP contribution is 2.43. The number of carbonyl (C=O) groups excluding carboxylic acids is 4. The minimum absolute atomic E-state index is 0.125. The van der Waals surface area contributed by atoms with Crippen molar-refractivity contribution >= 4 is 29.3 Å². The summed E-state index contributed by atoms with van der Waals surface area (Å²) in [4.78, 5) is 58.0. The number of rotatable bonds is 4. The van der Waals surface area contributed by atoms with Gasteiger partial charge in [-0.15, -0.1) is 0 Å². The molecular formula is C25H31N5O4. The number of nitrogens with one attached hydrogen (secondary N) is 1. The van der Waals surface area contributed by atoms with Crippen molar-refractivity contribution in [1.82, 2.24) is 20.0 Å². The molecule has 34 heavy (non-hydrogen) atoms. The second kappa shape index (κ2) is 7.88. The summed E-state index contributed by atoms with van der Waals surface area (Å²) < 4.78 is 0. The number of benzene rings is 1. The minimum Gasteiger partial charge on any atom is -0.370 e. The molecule has 4 fully saturated rings. The number of hydrogen-bond donors (Lipinski definition) is 1. The van der Waals surface area contributed by atoms with Crippen LogP contribution in [0.4, 0.5) is 5.69 Å². The molecule has 4 amide bonds. The van der Waals surface area contributed by atoms with Crippen LogP contribution in [0.2, 0.25) is 0 Å². The molecule has 9 heteroatoms. The van der Waals surface area contributed by atoms with E-state index in [9.17, 15) is 19.2 Å². The first-order valence-corrected chi connectivity index (χ1v) is 12.3. The lowest BCUT2D eigenvalue weighted by molar-refractivity contribution is -0.136. The Labute approximate surface area is 199 Å². The Morgan fingerprint density at radius 2 is 1.65 bits per heavy atom. The van der Waals surface area contributed by atoms with E-state index in [-0.39, 0.29) is 18.7 Å². The normalized spacial score (nSPS) is 27.6. The molecule has 5 aliphatic heterocycles. The highest BCUT2D eigenvalue weighted by atomic mass is 16.2. The number of amides is 4. The first-order valence-electron chi connectivity index (χ1n) is 12.3. The molecule has 5 heterocycles. The average Bonchev–Trinajstić information content (AvgIpc) is 3.00. The van der Waals surface area contributed by atoms with Crippen LogP contribution in [0, 0.1) is 11.3 Å². The third-order valence-electron chi connectivity index (χ3n) is 8.31. The van der Waals surface area contributed by atoms with Gasteiger partial charge in [0.25, 0.3) is 11.8 Å². The summed E-state index contributed by atoms with van der Waals surface area (Å²) in [6, 6.07) is 4.48. The van der Waals surface area contributed by atoms with E-state index < -0.39 is 23.8 Å². The number of piperidine rings is 2. The predicted molar refractivity (Wildman–Crippen MR) is 124 cm³/mol. The van der Waals surface area contributed by atoms with E-state index in [0.29, 0.717) is 16.5 Å². The van der Waals surface area contributed by atoms with Crippen molar-refractivity contribution in [1.29, 1.82) is 0 Å². The Bertz CT molecular complexity index is 1070. The summed E-state index contributed by atoms with van der Waals surface area (Å²) >= 11 is 0. The van der Waals surface area contributed by atoms with Crippen molar-refractivity contribution in [2.24, 2.45) is 11.3 Å². The number of imide groups is 2. The van der Waals surface area contributed by atoms with Gasteiger partial charge in [0.05, 0.1) is 11.1 Å². The molecule has 180 valence electrons. The van der Waals surface area contributed by atoms with Gasteiger partial charge >= 0.3 is 0 Å². The molecule has 0 saturated carbocycles. The van der Waals surface area contributed by atoms with Gasteiger partial charge in [0, 0.05) is 50.2 Å². The van der Waals surface area contributed by atoms with Crippen LogP contribution in [-0.2, 0) is 9.59 Å². The van der Waals surface area contributed by atoms with Crippen molar-refractivity contribution in [3.63, 3.8) is 0 Å². The highest BCUT2D eigenvalue weighted by molar-refractivity contribution is 6.23. The van der Waals surface area contributed by atoms with E-state index >= 15 is 0 Å². The quantitative estimate of drug-likeness (QED) is 0.649. The fourth-order valence-corrected chi connectivity index (χ4v) is 6.44.